The van der Waals surface area contributed by atoms with Gasteiger partial charge in [0.15, 0.2) is 0 Å². The van der Waals surface area contributed by atoms with Crippen LogP contribution in [-0.4, -0.2) is 117 Å². The van der Waals surface area contributed by atoms with Gasteiger partial charge in [0.2, 0.25) is 0 Å². The van der Waals surface area contributed by atoms with Crippen molar-refractivity contribution in [3.63, 3.8) is 0 Å². The van der Waals surface area contributed by atoms with E-state index in [2.05, 4.69) is 62.0 Å². The van der Waals surface area contributed by atoms with Gasteiger partial charge in [0, 0.05) is 31.2 Å². The van der Waals surface area contributed by atoms with Crippen LogP contribution in [0, 0.1) is 40.9 Å². The first kappa shape index (κ1) is 55.7. The van der Waals surface area contributed by atoms with E-state index in [0.29, 0.717) is 44.2 Å². The lowest BCUT2D eigenvalue weighted by atomic mass is 9.60. The second-order valence-electron chi connectivity index (χ2n) is 23.9. The van der Waals surface area contributed by atoms with Gasteiger partial charge >= 0.3 is 12.2 Å². The molecule has 0 aromatic carbocycles. The number of carbonyl (C=O) groups excluding carboxylic acids is 2. The molecule has 68 heavy (non-hydrogen) atoms. The molecule has 2 atom stereocenters. The van der Waals surface area contributed by atoms with Gasteiger partial charge in [0.05, 0.1) is 25.4 Å². The number of carbonyl (C=O) groups is 2. The third-order valence-corrected chi connectivity index (χ3v) is 19.0. The Bertz CT molecular complexity index is 1380. The normalized spacial score (nSPS) is 32.1. The smallest absolute Gasteiger partial charge is 0.407 e. The van der Waals surface area contributed by atoms with Gasteiger partial charge < -0.3 is 45.1 Å². The minimum Gasteiger partial charge on any atom is -0.442 e. The van der Waals surface area contributed by atoms with Crippen molar-refractivity contribution in [2.75, 3.05) is 52.5 Å². The number of ether oxygens (including phenoxy) is 4. The molecule has 0 saturated heterocycles. The van der Waals surface area contributed by atoms with Crippen molar-refractivity contribution in [1.82, 2.24) is 20.4 Å². The van der Waals surface area contributed by atoms with Crippen LogP contribution in [-0.2, 0) is 18.9 Å². The Morgan fingerprint density at radius 2 is 0.853 bits per heavy atom. The molecule has 394 valence electrons. The molecule has 6 saturated carbocycles. The van der Waals surface area contributed by atoms with Crippen molar-refractivity contribution < 1.29 is 28.5 Å². The molecular weight excluding hydrogens is 851 g/mol. The summed E-state index contributed by atoms with van der Waals surface area (Å²) in [6.45, 7) is 19.8. The van der Waals surface area contributed by atoms with E-state index >= 15 is 0 Å². The van der Waals surface area contributed by atoms with E-state index in [0.717, 1.165) is 101 Å². The summed E-state index contributed by atoms with van der Waals surface area (Å²) in [5.74, 6) is 4.74. The van der Waals surface area contributed by atoms with Gasteiger partial charge in [0.1, 0.15) is 12.2 Å². The first-order chi connectivity index (χ1) is 32.9. The first-order valence-electron chi connectivity index (χ1n) is 29.3. The van der Waals surface area contributed by atoms with Crippen molar-refractivity contribution in [3.05, 3.63) is 0 Å². The molecule has 2 unspecified atom stereocenters. The standard InChI is InChI=1S/C57H105N5O6/c1-7-61(8-2)38-53(67-55(63)59-49-28-18-44(19-29-49)36-42-14-12-11-13-15-42)40-65-51-32-22-46(23-33-51)57(5,6)47-24-34-52(35-25-47)66-41-54(39-62(9-3)10-4)68-56(64)60-50-30-20-45(21-31-50)37-43-16-26-48(58)27-17-43/h42-54H,7-41,58H2,1-6H3,(H,59,63)(H,60,64). The molecular formula is C57H105N5O6. The summed E-state index contributed by atoms with van der Waals surface area (Å²) < 4.78 is 25.6. The summed E-state index contributed by atoms with van der Waals surface area (Å²) in [6, 6.07) is 0.850. The van der Waals surface area contributed by atoms with Gasteiger partial charge in [-0.05, 0) is 208 Å². The van der Waals surface area contributed by atoms with E-state index in [9.17, 15) is 9.59 Å². The van der Waals surface area contributed by atoms with Gasteiger partial charge in [-0.15, -0.1) is 0 Å². The Morgan fingerprint density at radius 3 is 1.22 bits per heavy atom. The van der Waals surface area contributed by atoms with Crippen LogP contribution in [0.2, 0.25) is 0 Å². The highest BCUT2D eigenvalue weighted by Gasteiger charge is 2.41. The van der Waals surface area contributed by atoms with Gasteiger partial charge in [-0.2, -0.15) is 0 Å². The van der Waals surface area contributed by atoms with Crippen molar-refractivity contribution in [2.24, 2.45) is 46.7 Å². The third-order valence-electron chi connectivity index (χ3n) is 19.0. The minimum atomic E-state index is -0.281. The quantitative estimate of drug-likeness (QED) is 0.0866. The summed E-state index contributed by atoms with van der Waals surface area (Å²) >= 11 is 0. The average molecular weight is 956 g/mol. The van der Waals surface area contributed by atoms with E-state index in [1.54, 1.807) is 0 Å². The lowest BCUT2D eigenvalue weighted by molar-refractivity contribution is -0.0671. The molecule has 0 heterocycles. The molecule has 0 aliphatic heterocycles. The fourth-order valence-electron chi connectivity index (χ4n) is 14.1. The predicted molar refractivity (Wildman–Crippen MR) is 277 cm³/mol. The number of likely N-dealkylation sites (N-methyl/N-ethyl adjacent to an activating group) is 2. The largest absolute Gasteiger partial charge is 0.442 e. The maximum absolute atomic E-state index is 13.3. The first-order valence-corrected chi connectivity index (χ1v) is 29.3. The van der Waals surface area contributed by atoms with Crippen LogP contribution in [0.25, 0.3) is 0 Å². The van der Waals surface area contributed by atoms with Gasteiger partial charge in [-0.1, -0.05) is 73.6 Å². The monoisotopic (exact) mass is 956 g/mol. The molecule has 11 nitrogen and oxygen atoms in total. The van der Waals surface area contributed by atoms with Crippen molar-refractivity contribution in [3.8, 4) is 0 Å². The zero-order valence-corrected chi connectivity index (χ0v) is 44.7. The lowest BCUT2D eigenvalue weighted by Gasteiger charge is -2.46. The lowest BCUT2D eigenvalue weighted by Crippen LogP contribution is -2.44. The second kappa shape index (κ2) is 29.1. The van der Waals surface area contributed by atoms with Crippen LogP contribution in [0.1, 0.15) is 215 Å². The van der Waals surface area contributed by atoms with Crippen LogP contribution in [0.15, 0.2) is 0 Å². The summed E-state index contributed by atoms with van der Waals surface area (Å²) in [4.78, 5) is 31.3. The number of nitrogens with zero attached hydrogens (tertiary/aromatic N) is 2. The van der Waals surface area contributed by atoms with Crippen molar-refractivity contribution in [1.29, 1.82) is 0 Å². The third kappa shape index (κ3) is 18.4. The summed E-state index contributed by atoms with van der Waals surface area (Å²) in [5, 5.41) is 6.51. The molecule has 0 radical (unpaired) electrons. The topological polar surface area (TPSA) is 128 Å². The molecule has 6 rings (SSSR count). The second-order valence-corrected chi connectivity index (χ2v) is 23.9. The zero-order valence-electron chi connectivity index (χ0n) is 44.7. The minimum absolute atomic E-state index is 0.207. The number of amides is 2. The Labute approximate surface area is 416 Å². The fraction of sp³-hybridized carbons (Fsp3) is 0.965. The molecule has 4 N–H and O–H groups in total. The number of hydrogen-bond acceptors (Lipinski definition) is 9. The van der Waals surface area contributed by atoms with Crippen molar-refractivity contribution in [2.45, 2.75) is 257 Å². The summed E-state index contributed by atoms with van der Waals surface area (Å²) in [6.07, 6.45) is 32.3. The molecule has 6 aliphatic carbocycles. The number of rotatable bonds is 24. The van der Waals surface area contributed by atoms with E-state index in [1.165, 1.54) is 122 Å². The van der Waals surface area contributed by atoms with Crippen LogP contribution >= 0.6 is 0 Å². The molecule has 2 amide bonds. The van der Waals surface area contributed by atoms with Crippen LogP contribution in [0.4, 0.5) is 9.59 Å². The highest BCUT2D eigenvalue weighted by molar-refractivity contribution is 5.68. The van der Waals surface area contributed by atoms with E-state index in [-0.39, 0.29) is 54.1 Å². The van der Waals surface area contributed by atoms with E-state index in [1.807, 2.05) is 0 Å². The Hall–Kier alpha value is -1.66. The summed E-state index contributed by atoms with van der Waals surface area (Å²) in [5.41, 5.74) is 6.41. The molecule has 6 aliphatic rings. The van der Waals surface area contributed by atoms with Crippen LogP contribution < -0.4 is 16.4 Å². The number of alkyl carbamates (subject to hydrolysis) is 2. The molecule has 0 spiro atoms. The van der Waals surface area contributed by atoms with Gasteiger partial charge in [-0.25, -0.2) is 9.59 Å². The molecule has 0 bridgehead atoms. The highest BCUT2D eigenvalue weighted by atomic mass is 16.6. The average Bonchev–Trinajstić information content (AvgIpc) is 3.35. The zero-order chi connectivity index (χ0) is 48.3. The number of hydrogen-bond donors (Lipinski definition) is 3. The molecule has 6 fully saturated rings. The van der Waals surface area contributed by atoms with Crippen molar-refractivity contribution >= 4 is 12.2 Å². The highest BCUT2D eigenvalue weighted by Crippen LogP contribution is 2.49. The molecule has 11 heteroatoms. The van der Waals surface area contributed by atoms with E-state index < -0.39 is 0 Å². The Balaban J connectivity index is 0.876. The van der Waals surface area contributed by atoms with Crippen LogP contribution in [0.3, 0.4) is 0 Å². The SMILES string of the molecule is CCN(CC)CC(COC1CCC(C(C)(C)C2CCC(OCC(CN(CC)CC)OC(=O)NC3CCC(CC4CCC(N)CC4)CC3)CC2)CC1)OC(=O)NC1CCC(CC2CCCCC2)CC1. The van der Waals surface area contributed by atoms with Gasteiger partial charge in [0.25, 0.3) is 0 Å². The van der Waals surface area contributed by atoms with Crippen LogP contribution in [0.5, 0.6) is 0 Å². The number of nitrogens with two attached hydrogens (primary N) is 1. The Kier molecular flexibility index (Phi) is 23.8. The fourth-order valence-corrected chi connectivity index (χ4v) is 14.1. The summed E-state index contributed by atoms with van der Waals surface area (Å²) in [7, 11) is 0. The molecule has 0 aromatic heterocycles. The van der Waals surface area contributed by atoms with Gasteiger partial charge in [-0.3, -0.25) is 0 Å². The maximum Gasteiger partial charge on any atom is 0.407 e. The maximum atomic E-state index is 13.3. The molecule has 0 aromatic rings. The number of nitrogens with one attached hydrogen (secondary N) is 2. The Morgan fingerprint density at radius 1 is 0.500 bits per heavy atom. The van der Waals surface area contributed by atoms with E-state index in [4.69, 9.17) is 24.7 Å². The predicted octanol–water partition coefficient (Wildman–Crippen LogP) is 12.0.